The Kier molecular flexibility index (Phi) is 5.95. The number of methoxy groups -OCH3 is 1. The number of nitrogens with one attached hydrogen (secondary N) is 1. The summed E-state index contributed by atoms with van der Waals surface area (Å²) in [6, 6.07) is 11.0. The molecule has 0 atom stereocenters. The third-order valence-electron chi connectivity index (χ3n) is 4.54. The zero-order valence-electron chi connectivity index (χ0n) is 17.3. The van der Waals surface area contributed by atoms with E-state index in [1.807, 2.05) is 0 Å². The quantitative estimate of drug-likeness (QED) is 0.322. The number of alkyl halides is 3. The van der Waals surface area contributed by atoms with Gasteiger partial charge in [-0.15, -0.1) is 5.10 Å². The van der Waals surface area contributed by atoms with Gasteiger partial charge in [0, 0.05) is 5.56 Å². The number of benzene rings is 2. The summed E-state index contributed by atoms with van der Waals surface area (Å²) >= 11 is 0. The molecule has 2 aromatic heterocycles. The number of halogens is 3. The van der Waals surface area contributed by atoms with Crippen LogP contribution >= 0.6 is 0 Å². The molecule has 3 N–H and O–H groups in total. The van der Waals surface area contributed by atoms with Gasteiger partial charge in [-0.05, 0) is 40.1 Å². The summed E-state index contributed by atoms with van der Waals surface area (Å²) in [6.07, 6.45) is -3.26. The minimum absolute atomic E-state index is 0.0117. The fraction of sp³-hybridized carbons (Fsp3) is 0.100. The van der Waals surface area contributed by atoms with Crippen molar-refractivity contribution >= 4 is 17.9 Å². The monoisotopic (exact) mass is 472 g/mol. The number of hydrazone groups is 1. The summed E-state index contributed by atoms with van der Waals surface area (Å²) < 4.78 is 49.1. The number of nitrogens with two attached hydrogens (primary N) is 1. The fourth-order valence-corrected chi connectivity index (χ4v) is 2.93. The van der Waals surface area contributed by atoms with Crippen molar-refractivity contribution in [2.75, 3.05) is 12.8 Å². The lowest BCUT2D eigenvalue weighted by Gasteiger charge is -2.07. The zero-order chi connectivity index (χ0) is 24.3. The zero-order valence-corrected chi connectivity index (χ0v) is 17.3. The molecule has 2 heterocycles. The molecule has 34 heavy (non-hydrogen) atoms. The molecule has 0 aliphatic rings. The average Bonchev–Trinajstić information content (AvgIpc) is 3.44. The molecule has 174 valence electrons. The van der Waals surface area contributed by atoms with Gasteiger partial charge in [0.15, 0.2) is 5.69 Å². The number of anilines is 1. The first-order valence-electron chi connectivity index (χ1n) is 9.47. The number of nitrogens with zero attached hydrogens (tertiary/aromatic N) is 6. The molecule has 1 amide bonds. The van der Waals surface area contributed by atoms with Gasteiger partial charge in [-0.2, -0.15) is 23.0 Å². The molecule has 0 radical (unpaired) electrons. The largest absolute Gasteiger partial charge is 0.497 e. The highest BCUT2D eigenvalue weighted by Crippen LogP contribution is 2.30. The average molecular weight is 472 g/mol. The lowest BCUT2D eigenvalue weighted by Crippen LogP contribution is -2.19. The van der Waals surface area contributed by atoms with E-state index in [2.05, 4.69) is 35.8 Å². The van der Waals surface area contributed by atoms with Gasteiger partial charge in [-0.25, -0.2) is 10.1 Å². The number of hydrogen-bond acceptors (Lipinski definition) is 9. The second kappa shape index (κ2) is 9.01. The van der Waals surface area contributed by atoms with Gasteiger partial charge in [0.05, 0.1) is 18.9 Å². The second-order valence-corrected chi connectivity index (χ2v) is 6.72. The highest BCUT2D eigenvalue weighted by molar-refractivity contribution is 5.99. The van der Waals surface area contributed by atoms with Crippen molar-refractivity contribution in [2.45, 2.75) is 6.18 Å². The van der Waals surface area contributed by atoms with Crippen molar-refractivity contribution in [1.29, 1.82) is 0 Å². The summed E-state index contributed by atoms with van der Waals surface area (Å²) in [7, 11) is 1.48. The minimum atomic E-state index is -4.45. The van der Waals surface area contributed by atoms with Crippen LogP contribution in [0.3, 0.4) is 0 Å². The Morgan fingerprint density at radius 1 is 1.21 bits per heavy atom. The van der Waals surface area contributed by atoms with E-state index < -0.39 is 17.6 Å². The maximum atomic E-state index is 12.8. The molecular formula is C20H15F3N8O3. The molecule has 0 bridgehead atoms. The Balaban J connectivity index is 1.63. The molecular weight excluding hydrogens is 457 g/mol. The van der Waals surface area contributed by atoms with Gasteiger partial charge in [-0.1, -0.05) is 29.5 Å². The molecule has 0 unspecified atom stereocenters. The standard InChI is InChI=1S/C20H15F3N8O3/c1-33-14-4-2-3-12(9-14)16-15(26-30-31(16)18-17(24)28-34-29-18)19(32)27-25-10-11-5-7-13(8-6-11)20(21,22)23/h2-10H,1H3,(H2,24,28)(H,27,32). The SMILES string of the molecule is COc1cccc(-c2c(C(=O)NN=Cc3ccc(C(F)(F)F)cc3)nnn2-c2nonc2N)c1. The van der Waals surface area contributed by atoms with Crippen LogP contribution in [-0.2, 0) is 6.18 Å². The van der Waals surface area contributed by atoms with Crippen molar-refractivity contribution in [3.05, 3.63) is 65.4 Å². The smallest absolute Gasteiger partial charge is 0.416 e. The number of rotatable bonds is 6. The highest BCUT2D eigenvalue weighted by atomic mass is 19.4. The summed E-state index contributed by atoms with van der Waals surface area (Å²) in [5.74, 6) is -0.315. The molecule has 14 heteroatoms. The first kappa shape index (κ1) is 22.4. The molecule has 11 nitrogen and oxygen atoms in total. The van der Waals surface area contributed by atoms with Gasteiger partial charge < -0.3 is 10.5 Å². The van der Waals surface area contributed by atoms with Gasteiger partial charge in [0.2, 0.25) is 11.6 Å². The second-order valence-electron chi connectivity index (χ2n) is 6.72. The highest BCUT2D eigenvalue weighted by Gasteiger charge is 2.30. The number of amides is 1. The molecule has 0 aliphatic heterocycles. The fourth-order valence-electron chi connectivity index (χ4n) is 2.93. The van der Waals surface area contributed by atoms with Crippen LogP contribution in [0.5, 0.6) is 5.75 Å². The Hall–Kier alpha value is -4.75. The first-order chi connectivity index (χ1) is 16.3. The molecule has 0 spiro atoms. The van der Waals surface area contributed by atoms with Crippen LogP contribution in [0.1, 0.15) is 21.6 Å². The predicted octanol–water partition coefficient (Wildman–Crippen LogP) is 2.69. The lowest BCUT2D eigenvalue weighted by atomic mass is 10.1. The normalized spacial score (nSPS) is 11.6. The van der Waals surface area contributed by atoms with Crippen molar-refractivity contribution in [3.63, 3.8) is 0 Å². The number of carbonyl (C=O) groups excluding carboxylic acids is 1. The molecule has 4 rings (SSSR count). The van der Waals surface area contributed by atoms with Crippen LogP contribution in [0.4, 0.5) is 19.0 Å². The van der Waals surface area contributed by atoms with E-state index in [-0.39, 0.29) is 23.0 Å². The topological polar surface area (TPSA) is 146 Å². The van der Waals surface area contributed by atoms with Gasteiger partial charge in [-0.3, -0.25) is 4.79 Å². The number of hydrogen-bond donors (Lipinski definition) is 2. The minimum Gasteiger partial charge on any atom is -0.497 e. The number of nitrogen functional groups attached to an aromatic ring is 1. The number of carbonyl (C=O) groups is 1. The van der Waals surface area contributed by atoms with E-state index >= 15 is 0 Å². The third kappa shape index (κ3) is 4.55. The molecule has 0 saturated carbocycles. The number of aromatic nitrogens is 5. The van der Waals surface area contributed by atoms with Crippen LogP contribution in [-0.4, -0.2) is 44.5 Å². The van der Waals surface area contributed by atoms with E-state index in [0.717, 1.165) is 12.1 Å². The maximum absolute atomic E-state index is 12.8. The van der Waals surface area contributed by atoms with Crippen LogP contribution in [0.15, 0.2) is 58.3 Å². The third-order valence-corrected chi connectivity index (χ3v) is 4.54. The summed E-state index contributed by atoms with van der Waals surface area (Å²) in [4.78, 5) is 12.8. The van der Waals surface area contributed by atoms with Crippen LogP contribution in [0, 0.1) is 0 Å². The lowest BCUT2D eigenvalue weighted by molar-refractivity contribution is -0.137. The van der Waals surface area contributed by atoms with E-state index in [9.17, 15) is 18.0 Å². The van der Waals surface area contributed by atoms with Crippen molar-refractivity contribution < 1.29 is 27.3 Å². The van der Waals surface area contributed by atoms with E-state index in [4.69, 9.17) is 10.5 Å². The Bertz CT molecular complexity index is 1350. The summed E-state index contributed by atoms with van der Waals surface area (Å²) in [6.45, 7) is 0. The molecule has 0 fully saturated rings. The maximum Gasteiger partial charge on any atom is 0.416 e. The van der Waals surface area contributed by atoms with Crippen molar-refractivity contribution in [3.8, 4) is 22.8 Å². The molecule has 0 aliphatic carbocycles. The Morgan fingerprint density at radius 2 is 1.97 bits per heavy atom. The Labute approximate surface area is 189 Å². The van der Waals surface area contributed by atoms with Crippen LogP contribution in [0.25, 0.3) is 17.1 Å². The first-order valence-corrected chi connectivity index (χ1v) is 9.47. The number of ether oxygens (including phenoxy) is 1. The van der Waals surface area contributed by atoms with Crippen molar-refractivity contribution in [1.82, 2.24) is 30.7 Å². The van der Waals surface area contributed by atoms with Gasteiger partial charge in [0.25, 0.3) is 5.91 Å². The molecule has 4 aromatic rings. The van der Waals surface area contributed by atoms with Gasteiger partial charge >= 0.3 is 6.18 Å². The summed E-state index contributed by atoms with van der Waals surface area (Å²) in [5, 5.41) is 18.8. The van der Waals surface area contributed by atoms with Crippen LogP contribution in [0.2, 0.25) is 0 Å². The van der Waals surface area contributed by atoms with E-state index in [0.29, 0.717) is 16.9 Å². The molecule has 0 saturated heterocycles. The predicted molar refractivity (Wildman–Crippen MR) is 112 cm³/mol. The van der Waals surface area contributed by atoms with Crippen LogP contribution < -0.4 is 15.9 Å². The summed E-state index contributed by atoms with van der Waals surface area (Å²) in [5.41, 5.74) is 8.13. The van der Waals surface area contributed by atoms with Gasteiger partial charge in [0.1, 0.15) is 11.4 Å². The molecule has 2 aromatic carbocycles. The van der Waals surface area contributed by atoms with E-state index in [1.54, 1.807) is 24.3 Å². The van der Waals surface area contributed by atoms with E-state index in [1.165, 1.54) is 30.1 Å². The van der Waals surface area contributed by atoms with Crippen molar-refractivity contribution in [2.24, 2.45) is 5.10 Å². The Morgan fingerprint density at radius 3 is 2.62 bits per heavy atom.